The Kier molecular flexibility index (Phi) is 4.11. The van der Waals surface area contributed by atoms with Gasteiger partial charge in [-0.05, 0) is 25.0 Å². The second kappa shape index (κ2) is 5.97. The molecular formula is C14H15N5O. The third-order valence-electron chi connectivity index (χ3n) is 2.97. The van der Waals surface area contributed by atoms with E-state index in [2.05, 4.69) is 15.4 Å². The third kappa shape index (κ3) is 3.20. The highest BCUT2D eigenvalue weighted by Crippen LogP contribution is 2.16. The summed E-state index contributed by atoms with van der Waals surface area (Å²) in [6.07, 6.45) is 1.37. The molecule has 0 fully saturated rings. The number of amides is 1. The van der Waals surface area contributed by atoms with Crippen molar-refractivity contribution in [2.45, 2.75) is 26.4 Å². The smallest absolute Gasteiger partial charge is 0.252 e. The Morgan fingerprint density at radius 3 is 2.90 bits per heavy atom. The van der Waals surface area contributed by atoms with Crippen LogP contribution >= 0.6 is 0 Å². The van der Waals surface area contributed by atoms with Gasteiger partial charge >= 0.3 is 0 Å². The molecule has 1 aromatic carbocycles. The molecule has 1 atom stereocenters. The van der Waals surface area contributed by atoms with Gasteiger partial charge in [-0.25, -0.2) is 9.67 Å². The molecule has 0 aliphatic carbocycles. The Bertz CT molecular complexity index is 656. The number of aromatic nitrogens is 3. The van der Waals surface area contributed by atoms with Crippen LogP contribution in [0.15, 0.2) is 30.6 Å². The summed E-state index contributed by atoms with van der Waals surface area (Å²) in [5.74, 6) is -0.111. The van der Waals surface area contributed by atoms with Gasteiger partial charge in [-0.1, -0.05) is 24.3 Å². The molecule has 1 heterocycles. The normalized spacial score (nSPS) is 11.7. The SMILES string of the molecule is Cc1ccccc1[C@@H](C)NC(=O)Cn1cnc(C#N)n1. The maximum Gasteiger partial charge on any atom is 0.252 e. The summed E-state index contributed by atoms with van der Waals surface area (Å²) in [5.41, 5.74) is 2.21. The summed E-state index contributed by atoms with van der Waals surface area (Å²) in [5, 5.41) is 15.4. The molecule has 0 unspecified atom stereocenters. The second-order valence-corrected chi connectivity index (χ2v) is 4.52. The van der Waals surface area contributed by atoms with Crippen LogP contribution in [0.2, 0.25) is 0 Å². The summed E-state index contributed by atoms with van der Waals surface area (Å²) in [6, 6.07) is 9.65. The van der Waals surface area contributed by atoms with E-state index in [0.717, 1.165) is 11.1 Å². The quantitative estimate of drug-likeness (QED) is 0.907. The highest BCUT2D eigenvalue weighted by atomic mass is 16.2. The number of hydrogen-bond donors (Lipinski definition) is 1. The lowest BCUT2D eigenvalue weighted by Crippen LogP contribution is -2.30. The van der Waals surface area contributed by atoms with E-state index in [1.165, 1.54) is 11.0 Å². The highest BCUT2D eigenvalue weighted by Gasteiger charge is 2.12. The molecule has 6 nitrogen and oxygen atoms in total. The van der Waals surface area contributed by atoms with E-state index < -0.39 is 0 Å². The molecular weight excluding hydrogens is 254 g/mol. The van der Waals surface area contributed by atoms with E-state index in [1.54, 1.807) is 0 Å². The minimum atomic E-state index is -0.171. The molecule has 0 bridgehead atoms. The molecule has 102 valence electrons. The predicted octanol–water partition coefficient (Wildman–Crippen LogP) is 1.34. The Balaban J connectivity index is 1.98. The minimum absolute atomic E-state index is 0.0465. The summed E-state index contributed by atoms with van der Waals surface area (Å²) in [6.45, 7) is 3.99. The fourth-order valence-corrected chi connectivity index (χ4v) is 2.01. The van der Waals surface area contributed by atoms with Crippen LogP contribution < -0.4 is 5.32 Å². The predicted molar refractivity (Wildman–Crippen MR) is 72.5 cm³/mol. The van der Waals surface area contributed by atoms with Gasteiger partial charge in [-0.15, -0.1) is 5.10 Å². The Hall–Kier alpha value is -2.68. The molecule has 1 aromatic heterocycles. The molecule has 1 N–H and O–H groups in total. The van der Waals surface area contributed by atoms with E-state index in [-0.39, 0.29) is 24.3 Å². The number of hydrogen-bond acceptors (Lipinski definition) is 4. The molecule has 0 aliphatic rings. The van der Waals surface area contributed by atoms with Gasteiger partial charge in [0, 0.05) is 0 Å². The maximum atomic E-state index is 11.9. The van der Waals surface area contributed by atoms with Crippen LogP contribution in [0.1, 0.15) is 29.9 Å². The number of nitriles is 1. The first-order chi connectivity index (χ1) is 9.60. The van der Waals surface area contributed by atoms with E-state index in [1.807, 2.05) is 44.2 Å². The highest BCUT2D eigenvalue weighted by molar-refractivity contribution is 5.76. The second-order valence-electron chi connectivity index (χ2n) is 4.52. The summed E-state index contributed by atoms with van der Waals surface area (Å²) in [4.78, 5) is 15.7. The first-order valence-electron chi connectivity index (χ1n) is 6.24. The Morgan fingerprint density at radius 1 is 1.50 bits per heavy atom. The van der Waals surface area contributed by atoms with Gasteiger partial charge in [0.1, 0.15) is 18.9 Å². The molecule has 20 heavy (non-hydrogen) atoms. The molecule has 1 amide bonds. The van der Waals surface area contributed by atoms with Crippen molar-refractivity contribution in [2.24, 2.45) is 0 Å². The number of aryl methyl sites for hydroxylation is 1. The zero-order valence-corrected chi connectivity index (χ0v) is 11.4. The summed E-state index contributed by atoms with van der Waals surface area (Å²) >= 11 is 0. The molecule has 0 radical (unpaired) electrons. The number of benzene rings is 1. The van der Waals surface area contributed by atoms with Crippen LogP contribution in [0.25, 0.3) is 0 Å². The van der Waals surface area contributed by atoms with Gasteiger partial charge in [0.15, 0.2) is 0 Å². The fourth-order valence-electron chi connectivity index (χ4n) is 2.01. The van der Waals surface area contributed by atoms with Gasteiger partial charge in [0.2, 0.25) is 5.91 Å². The van der Waals surface area contributed by atoms with Crippen molar-refractivity contribution in [2.75, 3.05) is 0 Å². The number of nitrogens with one attached hydrogen (secondary N) is 1. The molecule has 2 aromatic rings. The first-order valence-corrected chi connectivity index (χ1v) is 6.24. The Morgan fingerprint density at radius 2 is 2.25 bits per heavy atom. The van der Waals surface area contributed by atoms with Crippen LogP contribution in [0.3, 0.4) is 0 Å². The summed E-state index contributed by atoms with van der Waals surface area (Å²) in [7, 11) is 0. The molecule has 0 spiro atoms. The van der Waals surface area contributed by atoms with Gasteiger partial charge < -0.3 is 5.32 Å². The number of carbonyl (C=O) groups excluding carboxylic acids is 1. The molecule has 0 saturated heterocycles. The topological polar surface area (TPSA) is 83.6 Å². The fraction of sp³-hybridized carbons (Fsp3) is 0.286. The zero-order chi connectivity index (χ0) is 14.5. The Labute approximate surface area is 117 Å². The van der Waals surface area contributed by atoms with Gasteiger partial charge in [-0.3, -0.25) is 4.79 Å². The lowest BCUT2D eigenvalue weighted by atomic mass is 10.0. The van der Waals surface area contributed by atoms with Crippen molar-refractivity contribution >= 4 is 5.91 Å². The maximum absolute atomic E-state index is 11.9. The molecule has 6 heteroatoms. The van der Waals surface area contributed by atoms with Crippen LogP contribution in [-0.2, 0) is 11.3 Å². The van der Waals surface area contributed by atoms with Crippen molar-refractivity contribution in [3.63, 3.8) is 0 Å². The molecule has 0 saturated carbocycles. The largest absolute Gasteiger partial charge is 0.348 e. The third-order valence-corrected chi connectivity index (χ3v) is 2.97. The number of nitrogens with zero attached hydrogens (tertiary/aromatic N) is 4. The van der Waals surface area contributed by atoms with Gasteiger partial charge in [-0.2, -0.15) is 5.26 Å². The van der Waals surface area contributed by atoms with Crippen molar-refractivity contribution in [1.29, 1.82) is 5.26 Å². The van der Waals surface area contributed by atoms with E-state index in [9.17, 15) is 4.79 Å². The van der Waals surface area contributed by atoms with Crippen molar-refractivity contribution in [1.82, 2.24) is 20.1 Å². The van der Waals surface area contributed by atoms with Gasteiger partial charge in [0.25, 0.3) is 5.82 Å². The van der Waals surface area contributed by atoms with Crippen molar-refractivity contribution in [3.8, 4) is 6.07 Å². The average Bonchev–Trinajstić information content (AvgIpc) is 2.86. The number of rotatable bonds is 4. The average molecular weight is 269 g/mol. The van der Waals surface area contributed by atoms with Crippen LogP contribution in [0, 0.1) is 18.3 Å². The minimum Gasteiger partial charge on any atom is -0.348 e. The van der Waals surface area contributed by atoms with Crippen LogP contribution in [-0.4, -0.2) is 20.7 Å². The zero-order valence-electron chi connectivity index (χ0n) is 11.4. The molecule has 2 rings (SSSR count). The van der Waals surface area contributed by atoms with Gasteiger partial charge in [0.05, 0.1) is 6.04 Å². The van der Waals surface area contributed by atoms with E-state index in [0.29, 0.717) is 0 Å². The molecule has 0 aliphatic heterocycles. The van der Waals surface area contributed by atoms with Crippen LogP contribution in [0.4, 0.5) is 0 Å². The number of carbonyl (C=O) groups is 1. The lowest BCUT2D eigenvalue weighted by molar-refractivity contribution is -0.122. The van der Waals surface area contributed by atoms with Crippen LogP contribution in [0.5, 0.6) is 0 Å². The first kappa shape index (κ1) is 13.7. The summed E-state index contributed by atoms with van der Waals surface area (Å²) < 4.78 is 1.35. The lowest BCUT2D eigenvalue weighted by Gasteiger charge is -2.16. The van der Waals surface area contributed by atoms with E-state index >= 15 is 0 Å². The standard InChI is InChI=1S/C14H15N5O/c1-10-5-3-4-6-12(10)11(2)17-14(20)8-19-9-16-13(7-15)18-19/h3-6,9,11H,8H2,1-2H3,(H,17,20)/t11-/m1/s1. The van der Waals surface area contributed by atoms with Crippen molar-refractivity contribution < 1.29 is 4.79 Å². The van der Waals surface area contributed by atoms with E-state index in [4.69, 9.17) is 5.26 Å². The van der Waals surface area contributed by atoms with Crippen molar-refractivity contribution in [3.05, 3.63) is 47.5 Å². The monoisotopic (exact) mass is 269 g/mol.